The number of anilines is 1. The van der Waals surface area contributed by atoms with Crippen molar-refractivity contribution in [3.63, 3.8) is 0 Å². The Balaban J connectivity index is 1.81. The van der Waals surface area contributed by atoms with Crippen molar-refractivity contribution in [3.8, 4) is 0 Å². The van der Waals surface area contributed by atoms with Crippen molar-refractivity contribution < 1.29 is 22.7 Å². The highest BCUT2D eigenvalue weighted by molar-refractivity contribution is 7.91. The summed E-state index contributed by atoms with van der Waals surface area (Å²) in [5, 5.41) is 3.16. The molecule has 0 saturated carbocycles. The molecule has 1 aliphatic rings. The first-order valence-corrected chi connectivity index (χ1v) is 9.41. The van der Waals surface area contributed by atoms with E-state index < -0.39 is 27.8 Å². The second-order valence-electron chi connectivity index (χ2n) is 5.60. The lowest BCUT2D eigenvalue weighted by Gasteiger charge is -2.15. The van der Waals surface area contributed by atoms with Gasteiger partial charge in [-0.3, -0.25) is 9.59 Å². The van der Waals surface area contributed by atoms with Crippen LogP contribution in [-0.2, 0) is 24.2 Å². The molecule has 0 aromatic heterocycles. The van der Waals surface area contributed by atoms with Gasteiger partial charge in [-0.2, -0.15) is 0 Å². The van der Waals surface area contributed by atoms with E-state index in [9.17, 15) is 18.0 Å². The predicted molar refractivity (Wildman–Crippen MR) is 87.0 cm³/mol. The maximum atomic E-state index is 12.0. The van der Waals surface area contributed by atoms with Gasteiger partial charge in [0.05, 0.1) is 11.5 Å². The molecule has 23 heavy (non-hydrogen) atoms. The minimum atomic E-state index is -3.03. The van der Waals surface area contributed by atoms with E-state index in [1.807, 2.05) is 0 Å². The van der Waals surface area contributed by atoms with Crippen molar-refractivity contribution in [2.45, 2.75) is 25.9 Å². The Morgan fingerprint density at radius 3 is 2.57 bits per heavy atom. The van der Waals surface area contributed by atoms with Gasteiger partial charge in [-0.15, -0.1) is 0 Å². The summed E-state index contributed by atoms with van der Waals surface area (Å²) in [4.78, 5) is 23.8. The number of ether oxygens (including phenoxy) is 1. The van der Waals surface area contributed by atoms with Crippen LogP contribution in [0.5, 0.6) is 0 Å². The van der Waals surface area contributed by atoms with Gasteiger partial charge in [0.25, 0.3) is 5.91 Å². The van der Waals surface area contributed by atoms with Crippen LogP contribution in [-0.4, -0.2) is 37.9 Å². The number of nitrogens with one attached hydrogen (secondary N) is 1. The topological polar surface area (TPSA) is 89.5 Å². The van der Waals surface area contributed by atoms with E-state index in [1.165, 1.54) is 6.92 Å². The van der Waals surface area contributed by atoms with Gasteiger partial charge in [-0.1, -0.05) is 11.6 Å². The molecule has 1 fully saturated rings. The first kappa shape index (κ1) is 17.7. The lowest BCUT2D eigenvalue weighted by atomic mass is 10.1. The second kappa shape index (κ2) is 7.31. The fourth-order valence-corrected chi connectivity index (χ4v) is 4.33. The molecule has 1 aromatic carbocycles. The molecule has 1 N–H and O–H groups in total. The lowest BCUT2D eigenvalue weighted by Crippen LogP contribution is -2.30. The maximum absolute atomic E-state index is 12.0. The molecular weight excluding hydrogens is 342 g/mol. The third-order valence-electron chi connectivity index (χ3n) is 3.57. The number of benzene rings is 1. The minimum absolute atomic E-state index is 0.00739. The molecular formula is C15H18ClNO5S. The van der Waals surface area contributed by atoms with E-state index in [1.54, 1.807) is 24.3 Å². The van der Waals surface area contributed by atoms with Gasteiger partial charge in [0, 0.05) is 17.1 Å². The van der Waals surface area contributed by atoms with Crippen LogP contribution in [0.4, 0.5) is 5.69 Å². The third kappa shape index (κ3) is 5.51. The zero-order chi connectivity index (χ0) is 17.0. The molecule has 0 bridgehead atoms. The van der Waals surface area contributed by atoms with Gasteiger partial charge in [-0.25, -0.2) is 8.42 Å². The molecule has 6 nitrogen and oxygen atoms in total. The van der Waals surface area contributed by atoms with E-state index in [0.717, 1.165) is 0 Å². The van der Waals surface area contributed by atoms with Crippen LogP contribution in [0.25, 0.3) is 0 Å². The fraction of sp³-hybridized carbons (Fsp3) is 0.467. The van der Waals surface area contributed by atoms with Gasteiger partial charge in [0.1, 0.15) is 0 Å². The van der Waals surface area contributed by atoms with Crippen LogP contribution in [0.1, 0.15) is 19.8 Å². The monoisotopic (exact) mass is 359 g/mol. The first-order chi connectivity index (χ1) is 10.7. The SMILES string of the molecule is C[C@@H](OC(=O)C[C@H]1CCS(=O)(=O)C1)C(=O)Nc1ccc(Cl)cc1. The normalized spacial score (nSPS) is 20.7. The Kier molecular flexibility index (Phi) is 5.64. The van der Waals surface area contributed by atoms with Crippen molar-refractivity contribution in [2.75, 3.05) is 16.8 Å². The largest absolute Gasteiger partial charge is 0.453 e. The first-order valence-electron chi connectivity index (χ1n) is 7.21. The Morgan fingerprint density at radius 1 is 1.35 bits per heavy atom. The summed E-state index contributed by atoms with van der Waals surface area (Å²) in [5.41, 5.74) is 0.546. The number of halogens is 1. The van der Waals surface area contributed by atoms with E-state index in [2.05, 4.69) is 5.32 Å². The Hall–Kier alpha value is -1.60. The molecule has 1 saturated heterocycles. The zero-order valence-corrected chi connectivity index (χ0v) is 14.2. The highest BCUT2D eigenvalue weighted by atomic mass is 35.5. The van der Waals surface area contributed by atoms with E-state index in [4.69, 9.17) is 16.3 Å². The lowest BCUT2D eigenvalue weighted by molar-refractivity contribution is -0.153. The van der Waals surface area contributed by atoms with Crippen molar-refractivity contribution in [1.29, 1.82) is 0 Å². The van der Waals surface area contributed by atoms with Crippen LogP contribution < -0.4 is 5.32 Å². The maximum Gasteiger partial charge on any atom is 0.306 e. The molecule has 0 spiro atoms. The van der Waals surface area contributed by atoms with Crippen molar-refractivity contribution >= 4 is 39.0 Å². The van der Waals surface area contributed by atoms with Crippen LogP contribution in [0.15, 0.2) is 24.3 Å². The Labute approximate surface area is 140 Å². The molecule has 1 aliphatic heterocycles. The van der Waals surface area contributed by atoms with Gasteiger partial charge in [0.2, 0.25) is 0 Å². The summed E-state index contributed by atoms with van der Waals surface area (Å²) in [6, 6.07) is 6.54. The zero-order valence-electron chi connectivity index (χ0n) is 12.6. The average Bonchev–Trinajstić information content (AvgIpc) is 2.80. The van der Waals surface area contributed by atoms with Crippen LogP contribution in [0, 0.1) is 5.92 Å². The van der Waals surface area contributed by atoms with Crippen molar-refractivity contribution in [1.82, 2.24) is 0 Å². The summed E-state index contributed by atoms with van der Waals surface area (Å²) >= 11 is 5.76. The number of amides is 1. The summed E-state index contributed by atoms with van der Waals surface area (Å²) in [6.07, 6.45) is -0.489. The highest BCUT2D eigenvalue weighted by Crippen LogP contribution is 2.22. The Bertz CT molecular complexity index is 686. The van der Waals surface area contributed by atoms with Gasteiger partial charge >= 0.3 is 5.97 Å². The summed E-state index contributed by atoms with van der Waals surface area (Å²) < 4.78 is 27.8. The van der Waals surface area contributed by atoms with Crippen molar-refractivity contribution in [2.24, 2.45) is 5.92 Å². The van der Waals surface area contributed by atoms with Gasteiger partial charge in [-0.05, 0) is 43.5 Å². The smallest absolute Gasteiger partial charge is 0.306 e. The quantitative estimate of drug-likeness (QED) is 0.812. The molecule has 1 aromatic rings. The van der Waals surface area contributed by atoms with Crippen molar-refractivity contribution in [3.05, 3.63) is 29.3 Å². The molecule has 1 heterocycles. The van der Waals surface area contributed by atoms with Crippen LogP contribution >= 0.6 is 11.6 Å². The molecule has 126 valence electrons. The minimum Gasteiger partial charge on any atom is -0.453 e. The molecule has 2 atom stereocenters. The number of sulfone groups is 1. The van der Waals surface area contributed by atoms with Gasteiger partial charge < -0.3 is 10.1 Å². The number of hydrogen-bond acceptors (Lipinski definition) is 5. The average molecular weight is 360 g/mol. The number of carbonyl (C=O) groups is 2. The predicted octanol–water partition coefficient (Wildman–Crippen LogP) is 2.04. The van der Waals surface area contributed by atoms with E-state index >= 15 is 0 Å². The number of esters is 1. The second-order valence-corrected chi connectivity index (χ2v) is 8.27. The summed E-state index contributed by atoms with van der Waals surface area (Å²) in [7, 11) is -3.03. The Morgan fingerprint density at radius 2 is 2.00 bits per heavy atom. The highest BCUT2D eigenvalue weighted by Gasteiger charge is 2.30. The van der Waals surface area contributed by atoms with Gasteiger partial charge in [0.15, 0.2) is 15.9 Å². The third-order valence-corrected chi connectivity index (χ3v) is 5.66. The molecule has 8 heteroatoms. The fourth-order valence-electron chi connectivity index (χ4n) is 2.34. The summed E-state index contributed by atoms with van der Waals surface area (Å²) in [5.74, 6) is -1.13. The summed E-state index contributed by atoms with van der Waals surface area (Å²) in [6.45, 7) is 1.47. The molecule has 2 rings (SSSR count). The molecule has 1 amide bonds. The number of rotatable bonds is 5. The molecule has 0 aliphatic carbocycles. The number of carbonyl (C=O) groups excluding carboxylic acids is 2. The number of hydrogen-bond donors (Lipinski definition) is 1. The van der Waals surface area contributed by atoms with E-state index in [0.29, 0.717) is 17.1 Å². The molecule has 0 radical (unpaired) electrons. The molecule has 0 unspecified atom stereocenters. The standard InChI is InChI=1S/C15H18ClNO5S/c1-10(15(19)17-13-4-2-12(16)3-5-13)22-14(18)8-11-6-7-23(20,21)9-11/h2-5,10-11H,6-9H2,1H3,(H,17,19)/t10-,11-/m1/s1. The van der Waals surface area contributed by atoms with Crippen LogP contribution in [0.3, 0.4) is 0 Å². The van der Waals surface area contributed by atoms with Crippen LogP contribution in [0.2, 0.25) is 5.02 Å². The van der Waals surface area contributed by atoms with E-state index in [-0.39, 0.29) is 23.8 Å².